The van der Waals surface area contributed by atoms with Gasteiger partial charge in [0.2, 0.25) is 0 Å². The molecule has 0 saturated heterocycles. The predicted molar refractivity (Wildman–Crippen MR) is 78.4 cm³/mol. The van der Waals surface area contributed by atoms with Gasteiger partial charge in [-0.05, 0) is 30.7 Å². The normalized spacial score (nSPS) is 12.8. The standard InChI is InChI=1S/C16H15NO2S/c1-11-5-4-8-14-16(11)17(10-9-15(18)19)12-6-2-3-7-13(12)20-14/h2-8H,9-10H2,1H3,(H,18,19)/p-1. The van der Waals surface area contributed by atoms with E-state index in [1.165, 1.54) is 4.90 Å². The Kier molecular flexibility index (Phi) is 3.40. The molecule has 0 atom stereocenters. The van der Waals surface area contributed by atoms with E-state index in [1.54, 1.807) is 11.8 Å². The predicted octanol–water partition coefficient (Wildman–Crippen LogP) is 2.74. The molecule has 0 N–H and O–H groups in total. The molecule has 0 aromatic heterocycles. The number of nitrogens with zero attached hydrogens (tertiary/aromatic N) is 1. The monoisotopic (exact) mass is 284 g/mol. The van der Waals surface area contributed by atoms with Gasteiger partial charge in [-0.3, -0.25) is 0 Å². The van der Waals surface area contributed by atoms with Crippen LogP contribution in [-0.2, 0) is 4.79 Å². The molecule has 0 radical (unpaired) electrons. The highest BCUT2D eigenvalue weighted by molar-refractivity contribution is 7.99. The van der Waals surface area contributed by atoms with Crippen LogP contribution >= 0.6 is 11.8 Å². The number of para-hydroxylation sites is 2. The Hall–Kier alpha value is -1.94. The summed E-state index contributed by atoms with van der Waals surface area (Å²) in [4.78, 5) is 15.2. The number of anilines is 2. The van der Waals surface area contributed by atoms with E-state index in [1.807, 2.05) is 24.3 Å². The Bertz CT molecular complexity index is 669. The number of rotatable bonds is 3. The van der Waals surface area contributed by atoms with Gasteiger partial charge in [-0.1, -0.05) is 36.0 Å². The first kappa shape index (κ1) is 13.1. The van der Waals surface area contributed by atoms with Crippen LogP contribution in [0.2, 0.25) is 0 Å². The molecule has 102 valence electrons. The second-order valence-electron chi connectivity index (χ2n) is 4.77. The number of hydrogen-bond acceptors (Lipinski definition) is 4. The zero-order valence-electron chi connectivity index (χ0n) is 11.1. The summed E-state index contributed by atoms with van der Waals surface area (Å²) >= 11 is 1.73. The third kappa shape index (κ3) is 2.27. The van der Waals surface area contributed by atoms with Crippen molar-refractivity contribution in [2.45, 2.75) is 23.1 Å². The van der Waals surface area contributed by atoms with E-state index in [0.717, 1.165) is 21.8 Å². The number of aryl methyl sites for hydroxylation is 1. The molecule has 0 amide bonds. The van der Waals surface area contributed by atoms with E-state index in [-0.39, 0.29) is 6.42 Å². The maximum atomic E-state index is 10.8. The highest BCUT2D eigenvalue weighted by atomic mass is 32.2. The first-order chi connectivity index (χ1) is 9.66. The molecule has 1 heterocycles. The maximum absolute atomic E-state index is 10.8. The summed E-state index contributed by atoms with van der Waals surface area (Å²) in [5.41, 5.74) is 3.33. The van der Waals surface area contributed by atoms with Crippen LogP contribution in [0.25, 0.3) is 0 Å². The van der Waals surface area contributed by atoms with Crippen molar-refractivity contribution in [2.75, 3.05) is 11.4 Å². The Labute approximate surface area is 122 Å². The number of fused-ring (bicyclic) bond motifs is 2. The van der Waals surface area contributed by atoms with Crippen molar-refractivity contribution in [1.82, 2.24) is 0 Å². The summed E-state index contributed by atoms with van der Waals surface area (Å²) in [5.74, 6) is -1.02. The Morgan fingerprint density at radius 1 is 1.15 bits per heavy atom. The minimum absolute atomic E-state index is 0.0206. The average Bonchev–Trinajstić information content (AvgIpc) is 2.43. The zero-order valence-corrected chi connectivity index (χ0v) is 11.9. The number of carboxylic acids is 1. The molecule has 0 fully saturated rings. The van der Waals surface area contributed by atoms with Crippen molar-refractivity contribution >= 4 is 29.1 Å². The van der Waals surface area contributed by atoms with Crippen LogP contribution in [0.4, 0.5) is 11.4 Å². The summed E-state index contributed by atoms with van der Waals surface area (Å²) in [6.45, 7) is 2.48. The van der Waals surface area contributed by atoms with E-state index in [0.29, 0.717) is 6.54 Å². The van der Waals surface area contributed by atoms with Crippen LogP contribution in [0.1, 0.15) is 12.0 Å². The lowest BCUT2D eigenvalue weighted by Gasteiger charge is -2.34. The van der Waals surface area contributed by atoms with Gasteiger partial charge < -0.3 is 14.8 Å². The molecule has 2 aromatic rings. The fourth-order valence-corrected chi connectivity index (χ4v) is 3.68. The molecule has 0 aliphatic carbocycles. The van der Waals surface area contributed by atoms with E-state index in [4.69, 9.17) is 0 Å². The van der Waals surface area contributed by atoms with Gasteiger partial charge in [-0.15, -0.1) is 0 Å². The minimum atomic E-state index is -1.02. The van der Waals surface area contributed by atoms with Crippen LogP contribution in [-0.4, -0.2) is 12.5 Å². The second-order valence-corrected chi connectivity index (χ2v) is 5.85. The number of benzene rings is 2. The van der Waals surface area contributed by atoms with Crippen LogP contribution in [0.3, 0.4) is 0 Å². The van der Waals surface area contributed by atoms with Crippen molar-refractivity contribution < 1.29 is 9.90 Å². The molecule has 1 aliphatic rings. The van der Waals surface area contributed by atoms with Crippen LogP contribution in [0.5, 0.6) is 0 Å². The van der Waals surface area contributed by atoms with Gasteiger partial charge in [0, 0.05) is 28.7 Å². The number of carbonyl (C=O) groups excluding carboxylic acids is 1. The van der Waals surface area contributed by atoms with Gasteiger partial charge in [0.1, 0.15) is 0 Å². The number of aliphatic carboxylic acids is 1. The smallest absolute Gasteiger partial charge is 0.0582 e. The lowest BCUT2D eigenvalue weighted by atomic mass is 10.1. The highest BCUT2D eigenvalue weighted by Crippen LogP contribution is 2.49. The lowest BCUT2D eigenvalue weighted by molar-refractivity contribution is -0.305. The van der Waals surface area contributed by atoms with Gasteiger partial charge in [0.05, 0.1) is 11.4 Å². The Balaban J connectivity index is 2.09. The Morgan fingerprint density at radius 3 is 2.70 bits per heavy atom. The molecule has 4 heteroatoms. The van der Waals surface area contributed by atoms with Crippen molar-refractivity contribution in [3.8, 4) is 0 Å². The SMILES string of the molecule is Cc1cccc2c1N(CCC(=O)[O-])c1ccccc1S2. The first-order valence-corrected chi connectivity index (χ1v) is 7.32. The molecule has 0 spiro atoms. The van der Waals surface area contributed by atoms with Crippen molar-refractivity contribution in [3.05, 3.63) is 48.0 Å². The van der Waals surface area contributed by atoms with Gasteiger partial charge in [-0.2, -0.15) is 0 Å². The summed E-state index contributed by atoms with van der Waals surface area (Å²) in [7, 11) is 0. The molecule has 0 saturated carbocycles. The quantitative estimate of drug-likeness (QED) is 0.869. The molecular weight excluding hydrogens is 270 g/mol. The number of hydrogen-bond donors (Lipinski definition) is 0. The molecule has 0 bridgehead atoms. The minimum Gasteiger partial charge on any atom is -0.550 e. The molecule has 2 aromatic carbocycles. The fraction of sp³-hybridized carbons (Fsp3) is 0.188. The first-order valence-electron chi connectivity index (χ1n) is 6.50. The molecule has 1 aliphatic heterocycles. The van der Waals surface area contributed by atoms with E-state index >= 15 is 0 Å². The van der Waals surface area contributed by atoms with Gasteiger partial charge in [0.15, 0.2) is 0 Å². The second kappa shape index (κ2) is 5.21. The van der Waals surface area contributed by atoms with Gasteiger partial charge in [-0.25, -0.2) is 0 Å². The Morgan fingerprint density at radius 2 is 1.90 bits per heavy atom. The molecule has 3 nitrogen and oxygen atoms in total. The molecular formula is C16H14NO2S-. The molecule has 3 rings (SSSR count). The average molecular weight is 284 g/mol. The summed E-state index contributed by atoms with van der Waals surface area (Å²) in [6, 6.07) is 14.3. The third-order valence-electron chi connectivity index (χ3n) is 3.39. The van der Waals surface area contributed by atoms with Crippen molar-refractivity contribution in [2.24, 2.45) is 0 Å². The van der Waals surface area contributed by atoms with Crippen molar-refractivity contribution in [1.29, 1.82) is 0 Å². The maximum Gasteiger partial charge on any atom is 0.0582 e. The van der Waals surface area contributed by atoms with Crippen molar-refractivity contribution in [3.63, 3.8) is 0 Å². The topological polar surface area (TPSA) is 43.4 Å². The number of carboxylic acid groups (broad SMARTS) is 1. The number of carbonyl (C=O) groups is 1. The summed E-state index contributed by atoms with van der Waals surface area (Å²) < 4.78 is 0. The molecule has 0 unspecified atom stereocenters. The largest absolute Gasteiger partial charge is 0.550 e. The van der Waals surface area contributed by atoms with E-state index < -0.39 is 5.97 Å². The highest BCUT2D eigenvalue weighted by Gasteiger charge is 2.23. The van der Waals surface area contributed by atoms with Crippen LogP contribution < -0.4 is 10.0 Å². The van der Waals surface area contributed by atoms with Crippen LogP contribution in [0, 0.1) is 6.92 Å². The van der Waals surface area contributed by atoms with E-state index in [9.17, 15) is 9.90 Å². The third-order valence-corrected chi connectivity index (χ3v) is 4.50. The van der Waals surface area contributed by atoms with Gasteiger partial charge in [0.25, 0.3) is 0 Å². The summed E-state index contributed by atoms with van der Waals surface area (Å²) in [5, 5.41) is 10.8. The van der Waals surface area contributed by atoms with E-state index in [2.05, 4.69) is 30.0 Å². The van der Waals surface area contributed by atoms with Gasteiger partial charge >= 0.3 is 0 Å². The zero-order chi connectivity index (χ0) is 14.1. The lowest BCUT2D eigenvalue weighted by Crippen LogP contribution is -2.30. The summed E-state index contributed by atoms with van der Waals surface area (Å²) in [6.07, 6.45) is 0.0206. The fourth-order valence-electron chi connectivity index (χ4n) is 2.50. The molecule has 20 heavy (non-hydrogen) atoms. The van der Waals surface area contributed by atoms with Crippen LogP contribution in [0.15, 0.2) is 52.3 Å².